The van der Waals surface area contributed by atoms with E-state index in [0.29, 0.717) is 43.6 Å². The summed E-state index contributed by atoms with van der Waals surface area (Å²) in [5.41, 5.74) is 6.69. The van der Waals surface area contributed by atoms with Gasteiger partial charge in [-0.15, -0.1) is 0 Å². The van der Waals surface area contributed by atoms with E-state index >= 15 is 0 Å². The molecule has 2 fully saturated rings. The summed E-state index contributed by atoms with van der Waals surface area (Å²) >= 11 is 0. The molecule has 35 heavy (non-hydrogen) atoms. The lowest BCUT2D eigenvalue weighted by Gasteiger charge is -2.31. The van der Waals surface area contributed by atoms with Crippen LogP contribution in [-0.2, 0) is 9.47 Å². The topological polar surface area (TPSA) is 110 Å². The average molecular weight is 479 g/mol. The van der Waals surface area contributed by atoms with Crippen LogP contribution in [0.15, 0.2) is 35.7 Å². The quantitative estimate of drug-likeness (QED) is 0.440. The van der Waals surface area contributed by atoms with Gasteiger partial charge in [-0.25, -0.2) is 9.78 Å². The van der Waals surface area contributed by atoms with Crippen molar-refractivity contribution in [3.63, 3.8) is 0 Å². The summed E-state index contributed by atoms with van der Waals surface area (Å²) < 4.78 is 12.5. The van der Waals surface area contributed by atoms with E-state index in [9.17, 15) is 4.79 Å². The highest BCUT2D eigenvalue weighted by Crippen LogP contribution is 2.30. The number of carbonyl (C=O) groups excluding carboxylic acids is 1. The first-order valence-corrected chi connectivity index (χ1v) is 11.9. The second-order valence-electron chi connectivity index (χ2n) is 8.77. The number of aromatic nitrogens is 4. The molecule has 0 saturated carbocycles. The minimum absolute atomic E-state index is 0.178. The molecule has 4 heterocycles. The van der Waals surface area contributed by atoms with Gasteiger partial charge in [0.1, 0.15) is 0 Å². The monoisotopic (exact) mass is 478 g/mol. The molecular weight excluding hydrogens is 448 g/mol. The molecule has 0 radical (unpaired) electrons. The Morgan fingerprint density at radius 1 is 1.20 bits per heavy atom. The number of morpholine rings is 1. The number of nitrogens with one attached hydrogen (secondary N) is 1. The maximum Gasteiger partial charge on any atom is 0.409 e. The number of hydrazone groups is 1. The molecule has 0 spiro atoms. The van der Waals surface area contributed by atoms with Crippen molar-refractivity contribution in [2.24, 2.45) is 5.10 Å². The number of benzene rings is 1. The van der Waals surface area contributed by atoms with Crippen LogP contribution in [-0.4, -0.2) is 83.2 Å². The number of methoxy groups -OCH3 is 1. The normalized spacial score (nSPS) is 17.3. The second-order valence-corrected chi connectivity index (χ2v) is 8.77. The number of likely N-dealkylation sites (tertiary alicyclic amines) is 1. The lowest BCUT2D eigenvalue weighted by molar-refractivity contribution is 0.107. The molecule has 11 nitrogen and oxygen atoms in total. The molecule has 0 unspecified atom stereocenters. The van der Waals surface area contributed by atoms with Gasteiger partial charge in [-0.05, 0) is 25.3 Å². The number of nitrogens with zero attached hydrogens (tertiary/aromatic N) is 7. The van der Waals surface area contributed by atoms with Crippen LogP contribution >= 0.6 is 0 Å². The molecule has 1 N–H and O–H groups in total. The molecule has 1 amide bonds. The Hall–Kier alpha value is -3.73. The van der Waals surface area contributed by atoms with Crippen LogP contribution in [0.25, 0.3) is 11.2 Å². The van der Waals surface area contributed by atoms with Gasteiger partial charge in [0.25, 0.3) is 0 Å². The predicted molar refractivity (Wildman–Crippen MR) is 133 cm³/mol. The van der Waals surface area contributed by atoms with Gasteiger partial charge in [0.05, 0.1) is 32.9 Å². The molecule has 0 aliphatic carbocycles. The van der Waals surface area contributed by atoms with Crippen LogP contribution in [0.5, 0.6) is 0 Å². The zero-order valence-electron chi connectivity index (χ0n) is 20.1. The molecule has 0 atom stereocenters. The molecule has 184 valence electrons. The molecule has 2 aromatic heterocycles. The number of ether oxygens (including phenoxy) is 2. The largest absolute Gasteiger partial charge is 0.453 e. The summed E-state index contributed by atoms with van der Waals surface area (Å²) in [5.74, 6) is 1.19. The first-order chi connectivity index (χ1) is 17.1. The van der Waals surface area contributed by atoms with Gasteiger partial charge in [0.2, 0.25) is 5.95 Å². The molecule has 2 saturated heterocycles. The average Bonchev–Trinajstić information content (AvgIpc) is 3.33. The van der Waals surface area contributed by atoms with Gasteiger partial charge in [0.15, 0.2) is 17.0 Å². The fourth-order valence-corrected chi connectivity index (χ4v) is 4.53. The van der Waals surface area contributed by atoms with Crippen LogP contribution < -0.4 is 10.3 Å². The zero-order valence-corrected chi connectivity index (χ0v) is 20.1. The summed E-state index contributed by atoms with van der Waals surface area (Å²) in [5, 5.41) is 4.43. The van der Waals surface area contributed by atoms with Crippen molar-refractivity contribution >= 4 is 35.2 Å². The van der Waals surface area contributed by atoms with Crippen molar-refractivity contribution < 1.29 is 14.3 Å². The third-order valence-corrected chi connectivity index (χ3v) is 6.42. The van der Waals surface area contributed by atoms with E-state index in [4.69, 9.17) is 19.4 Å². The van der Waals surface area contributed by atoms with Crippen LogP contribution in [0, 0.1) is 6.92 Å². The lowest BCUT2D eigenvalue weighted by Crippen LogP contribution is -2.39. The van der Waals surface area contributed by atoms with E-state index in [0.717, 1.165) is 37.1 Å². The fourth-order valence-electron chi connectivity index (χ4n) is 4.53. The van der Waals surface area contributed by atoms with Gasteiger partial charge in [-0.1, -0.05) is 29.8 Å². The minimum atomic E-state index is -0.283. The Balaban J connectivity index is 1.44. The molecule has 2 aliphatic heterocycles. The number of imidazole rings is 1. The Morgan fingerprint density at radius 2 is 2.00 bits per heavy atom. The standard InChI is InChI=1S/C24H30N8O3/c1-17-4-3-5-18(14-17)15-26-29-21-20-22(28-23(27-21)30-10-12-35-13-11-30)32(16-25-20)19-6-8-31(9-7-19)24(33)34-2/h3-5,14-16,19H,6-13H2,1-2H3,(H,27,28,29)/b26-15+. The first-order valence-electron chi connectivity index (χ1n) is 11.9. The number of hydrogen-bond donors (Lipinski definition) is 1. The zero-order chi connectivity index (χ0) is 24.2. The van der Waals surface area contributed by atoms with Crippen molar-refractivity contribution in [2.45, 2.75) is 25.8 Å². The van der Waals surface area contributed by atoms with Gasteiger partial charge in [-0.2, -0.15) is 15.1 Å². The summed E-state index contributed by atoms with van der Waals surface area (Å²) in [6.45, 7) is 6.04. The molecule has 3 aromatic rings. The van der Waals surface area contributed by atoms with Crippen molar-refractivity contribution in [1.29, 1.82) is 0 Å². The number of anilines is 2. The third-order valence-electron chi connectivity index (χ3n) is 6.42. The molecule has 5 rings (SSSR count). The number of carbonyl (C=O) groups is 1. The highest BCUT2D eigenvalue weighted by Gasteiger charge is 2.27. The Morgan fingerprint density at radius 3 is 2.74 bits per heavy atom. The van der Waals surface area contributed by atoms with Crippen LogP contribution in [0.1, 0.15) is 30.0 Å². The van der Waals surface area contributed by atoms with Crippen LogP contribution in [0.2, 0.25) is 0 Å². The van der Waals surface area contributed by atoms with E-state index in [2.05, 4.69) is 44.0 Å². The smallest absolute Gasteiger partial charge is 0.409 e. The number of amides is 1. The molecule has 11 heteroatoms. The van der Waals surface area contributed by atoms with Crippen molar-refractivity contribution in [1.82, 2.24) is 24.4 Å². The van der Waals surface area contributed by atoms with Gasteiger partial charge in [-0.3, -0.25) is 5.43 Å². The van der Waals surface area contributed by atoms with E-state index in [1.54, 1.807) is 11.1 Å². The summed E-state index contributed by atoms with van der Waals surface area (Å²) in [7, 11) is 1.41. The maximum absolute atomic E-state index is 11.9. The fraction of sp³-hybridized carbons (Fsp3) is 0.458. The Labute approximate surface area is 203 Å². The Bertz CT molecular complexity index is 1210. The van der Waals surface area contributed by atoms with E-state index in [1.165, 1.54) is 12.7 Å². The number of piperidine rings is 1. The highest BCUT2D eigenvalue weighted by molar-refractivity contribution is 5.86. The van der Waals surface area contributed by atoms with E-state index < -0.39 is 0 Å². The van der Waals surface area contributed by atoms with Crippen LogP contribution in [0.4, 0.5) is 16.6 Å². The lowest BCUT2D eigenvalue weighted by atomic mass is 10.1. The molecular formula is C24H30N8O3. The number of fused-ring (bicyclic) bond motifs is 1. The summed E-state index contributed by atoms with van der Waals surface area (Å²) in [6.07, 6.45) is 4.90. The van der Waals surface area contributed by atoms with Crippen molar-refractivity contribution in [3.05, 3.63) is 41.7 Å². The summed E-state index contributed by atoms with van der Waals surface area (Å²) in [6, 6.07) is 8.30. The Kier molecular flexibility index (Phi) is 6.75. The first kappa shape index (κ1) is 23.0. The maximum atomic E-state index is 11.9. The van der Waals surface area contributed by atoms with E-state index in [1.807, 2.05) is 18.5 Å². The number of rotatable bonds is 5. The predicted octanol–water partition coefficient (Wildman–Crippen LogP) is 2.82. The molecule has 0 bridgehead atoms. The van der Waals surface area contributed by atoms with Crippen molar-refractivity contribution in [2.75, 3.05) is 56.8 Å². The SMILES string of the molecule is COC(=O)N1CCC(n2cnc3c(N/N=C/c4cccc(C)c4)nc(N4CCOCC4)nc32)CC1. The van der Waals surface area contributed by atoms with Gasteiger partial charge >= 0.3 is 6.09 Å². The van der Waals surface area contributed by atoms with Crippen LogP contribution in [0.3, 0.4) is 0 Å². The second kappa shape index (κ2) is 10.3. The number of hydrogen-bond acceptors (Lipinski definition) is 9. The number of aryl methyl sites for hydroxylation is 1. The van der Waals surface area contributed by atoms with Gasteiger partial charge in [0, 0.05) is 32.2 Å². The van der Waals surface area contributed by atoms with Gasteiger partial charge < -0.3 is 23.8 Å². The van der Waals surface area contributed by atoms with E-state index in [-0.39, 0.29) is 12.1 Å². The highest BCUT2D eigenvalue weighted by atomic mass is 16.5. The third kappa shape index (κ3) is 5.04. The minimum Gasteiger partial charge on any atom is -0.453 e. The molecule has 2 aliphatic rings. The summed E-state index contributed by atoms with van der Waals surface area (Å²) in [4.78, 5) is 30.1. The molecule has 1 aromatic carbocycles. The van der Waals surface area contributed by atoms with Crippen molar-refractivity contribution in [3.8, 4) is 0 Å².